The summed E-state index contributed by atoms with van der Waals surface area (Å²) in [6.07, 6.45) is 12.6. The van der Waals surface area contributed by atoms with Gasteiger partial charge >= 0.3 is 0 Å². The maximum Gasteiger partial charge on any atom is 0.0698 e. The van der Waals surface area contributed by atoms with Gasteiger partial charge in [0.25, 0.3) is 0 Å². The molecule has 3 heteroatoms. The van der Waals surface area contributed by atoms with Crippen molar-refractivity contribution in [2.24, 2.45) is 0 Å². The lowest BCUT2D eigenvalue weighted by Crippen LogP contribution is -2.54. The van der Waals surface area contributed by atoms with Crippen LogP contribution < -0.4 is 5.32 Å². The molecule has 0 radical (unpaired) electrons. The number of hydrogen-bond donors (Lipinski definition) is 1. The summed E-state index contributed by atoms with van der Waals surface area (Å²) in [7, 11) is 1.87. The van der Waals surface area contributed by atoms with Crippen LogP contribution in [0.1, 0.15) is 64.7 Å². The van der Waals surface area contributed by atoms with Gasteiger partial charge in [-0.15, -0.1) is 0 Å². The minimum absolute atomic E-state index is 0.459. The van der Waals surface area contributed by atoms with Gasteiger partial charge in [0.2, 0.25) is 0 Å². The van der Waals surface area contributed by atoms with Crippen LogP contribution in [-0.4, -0.2) is 49.8 Å². The molecule has 2 rings (SSSR count). The molecule has 118 valence electrons. The predicted octanol–water partition coefficient (Wildman–Crippen LogP) is 3.19. The number of ether oxygens (including phenoxy) is 1. The molecule has 1 heterocycles. The summed E-state index contributed by atoms with van der Waals surface area (Å²) < 4.78 is 5.62. The van der Waals surface area contributed by atoms with Crippen LogP contribution in [0.15, 0.2) is 0 Å². The van der Waals surface area contributed by atoms with E-state index in [9.17, 15) is 0 Å². The van der Waals surface area contributed by atoms with E-state index in [2.05, 4.69) is 17.1 Å². The Hall–Kier alpha value is -0.120. The first-order valence-corrected chi connectivity index (χ1v) is 8.85. The van der Waals surface area contributed by atoms with Crippen molar-refractivity contribution in [1.29, 1.82) is 0 Å². The van der Waals surface area contributed by atoms with E-state index in [4.69, 9.17) is 4.74 Å². The summed E-state index contributed by atoms with van der Waals surface area (Å²) in [5, 5.41) is 3.84. The lowest BCUT2D eigenvalue weighted by atomic mass is 9.89. The number of methoxy groups -OCH3 is 1. The molecule has 0 aromatic rings. The Bertz CT molecular complexity index is 255. The molecule has 0 amide bonds. The first-order chi connectivity index (χ1) is 9.85. The Balaban J connectivity index is 1.97. The lowest BCUT2D eigenvalue weighted by Gasteiger charge is -2.42. The second-order valence-electron chi connectivity index (χ2n) is 6.61. The van der Waals surface area contributed by atoms with Crippen LogP contribution in [-0.2, 0) is 4.74 Å². The van der Waals surface area contributed by atoms with E-state index in [0.717, 1.165) is 12.6 Å². The molecule has 3 unspecified atom stereocenters. The second kappa shape index (κ2) is 9.01. The average Bonchev–Trinajstić information content (AvgIpc) is 2.46. The standard InChI is InChI=1S/C17H34N2O/c1-3-12-18-16-10-6-4-5-7-11-17(16)19-13-8-9-15(14-19)20-2/h15-18H,3-14H2,1-2H3. The van der Waals surface area contributed by atoms with Crippen molar-refractivity contribution < 1.29 is 4.74 Å². The summed E-state index contributed by atoms with van der Waals surface area (Å²) in [5.74, 6) is 0. The molecule has 2 fully saturated rings. The Labute approximate surface area is 125 Å². The van der Waals surface area contributed by atoms with Gasteiger partial charge in [-0.05, 0) is 45.2 Å². The zero-order valence-electron chi connectivity index (χ0n) is 13.6. The molecular formula is C17H34N2O. The first-order valence-electron chi connectivity index (χ1n) is 8.85. The van der Waals surface area contributed by atoms with Gasteiger partial charge in [-0.25, -0.2) is 0 Å². The number of rotatable bonds is 5. The van der Waals surface area contributed by atoms with Gasteiger partial charge in [0.15, 0.2) is 0 Å². The Morgan fingerprint density at radius 2 is 1.85 bits per heavy atom. The van der Waals surface area contributed by atoms with Crippen LogP contribution in [0, 0.1) is 0 Å². The average molecular weight is 282 g/mol. The van der Waals surface area contributed by atoms with Crippen molar-refractivity contribution >= 4 is 0 Å². The third kappa shape index (κ3) is 4.71. The van der Waals surface area contributed by atoms with Crippen molar-refractivity contribution in [1.82, 2.24) is 10.2 Å². The molecule has 1 saturated heterocycles. The minimum atomic E-state index is 0.459. The van der Waals surface area contributed by atoms with Crippen LogP contribution in [0.3, 0.4) is 0 Å². The Morgan fingerprint density at radius 3 is 2.60 bits per heavy atom. The molecule has 0 bridgehead atoms. The fourth-order valence-corrected chi connectivity index (χ4v) is 3.93. The van der Waals surface area contributed by atoms with Gasteiger partial charge in [0.1, 0.15) is 0 Å². The van der Waals surface area contributed by atoms with Gasteiger partial charge in [-0.2, -0.15) is 0 Å². The highest BCUT2D eigenvalue weighted by molar-refractivity contribution is 4.89. The highest BCUT2D eigenvalue weighted by Crippen LogP contribution is 2.25. The van der Waals surface area contributed by atoms with Gasteiger partial charge in [-0.3, -0.25) is 4.90 Å². The Kier molecular flexibility index (Phi) is 7.32. The molecular weight excluding hydrogens is 248 g/mol. The van der Waals surface area contributed by atoms with Crippen molar-refractivity contribution in [3.05, 3.63) is 0 Å². The number of hydrogen-bond acceptors (Lipinski definition) is 3. The predicted molar refractivity (Wildman–Crippen MR) is 85.2 cm³/mol. The van der Waals surface area contributed by atoms with E-state index in [1.54, 1.807) is 0 Å². The summed E-state index contributed by atoms with van der Waals surface area (Å²) in [4.78, 5) is 2.73. The number of likely N-dealkylation sites (tertiary alicyclic amines) is 1. The molecule has 3 atom stereocenters. The van der Waals surface area contributed by atoms with Gasteiger partial charge in [0, 0.05) is 25.7 Å². The van der Waals surface area contributed by atoms with E-state index in [1.807, 2.05) is 7.11 Å². The number of nitrogens with zero attached hydrogens (tertiary/aromatic N) is 1. The Morgan fingerprint density at radius 1 is 1.05 bits per heavy atom. The largest absolute Gasteiger partial charge is 0.380 e. The van der Waals surface area contributed by atoms with Crippen LogP contribution >= 0.6 is 0 Å². The van der Waals surface area contributed by atoms with Gasteiger partial charge in [-0.1, -0.05) is 32.6 Å². The summed E-state index contributed by atoms with van der Waals surface area (Å²) in [6, 6.07) is 1.44. The molecule has 2 aliphatic rings. The summed E-state index contributed by atoms with van der Waals surface area (Å²) >= 11 is 0. The fourth-order valence-electron chi connectivity index (χ4n) is 3.93. The normalized spacial score (nSPS) is 33.6. The van der Waals surface area contributed by atoms with Crippen LogP contribution in [0.4, 0.5) is 0 Å². The molecule has 1 aliphatic carbocycles. The summed E-state index contributed by atoms with van der Waals surface area (Å²) in [6.45, 7) is 5.86. The third-order valence-corrected chi connectivity index (χ3v) is 5.10. The topological polar surface area (TPSA) is 24.5 Å². The molecule has 0 aromatic carbocycles. The molecule has 3 nitrogen and oxygen atoms in total. The quantitative estimate of drug-likeness (QED) is 0.838. The van der Waals surface area contributed by atoms with Crippen molar-refractivity contribution in [3.8, 4) is 0 Å². The SMILES string of the molecule is CCCNC1CCCCCCC1N1CCCC(OC)C1. The maximum absolute atomic E-state index is 5.62. The molecule has 1 N–H and O–H groups in total. The first kappa shape index (κ1) is 16.3. The van der Waals surface area contributed by atoms with Crippen molar-refractivity contribution in [3.63, 3.8) is 0 Å². The summed E-state index contributed by atoms with van der Waals surface area (Å²) in [5.41, 5.74) is 0. The molecule has 1 saturated carbocycles. The molecule has 1 aliphatic heterocycles. The zero-order valence-corrected chi connectivity index (χ0v) is 13.6. The third-order valence-electron chi connectivity index (χ3n) is 5.10. The minimum Gasteiger partial charge on any atom is -0.380 e. The maximum atomic E-state index is 5.62. The second-order valence-corrected chi connectivity index (χ2v) is 6.61. The van der Waals surface area contributed by atoms with Crippen LogP contribution in [0.2, 0.25) is 0 Å². The smallest absolute Gasteiger partial charge is 0.0698 e. The number of piperidine rings is 1. The van der Waals surface area contributed by atoms with E-state index in [1.165, 1.54) is 70.9 Å². The van der Waals surface area contributed by atoms with Crippen LogP contribution in [0.25, 0.3) is 0 Å². The van der Waals surface area contributed by atoms with Gasteiger partial charge in [0.05, 0.1) is 6.10 Å². The molecule has 0 spiro atoms. The van der Waals surface area contributed by atoms with E-state index in [0.29, 0.717) is 12.1 Å². The molecule has 20 heavy (non-hydrogen) atoms. The van der Waals surface area contributed by atoms with Crippen molar-refractivity contribution in [2.75, 3.05) is 26.7 Å². The van der Waals surface area contributed by atoms with Gasteiger partial charge < -0.3 is 10.1 Å². The van der Waals surface area contributed by atoms with E-state index >= 15 is 0 Å². The highest BCUT2D eigenvalue weighted by Gasteiger charge is 2.31. The highest BCUT2D eigenvalue weighted by atomic mass is 16.5. The number of nitrogens with one attached hydrogen (secondary N) is 1. The monoisotopic (exact) mass is 282 g/mol. The molecule has 0 aromatic heterocycles. The van der Waals surface area contributed by atoms with Crippen molar-refractivity contribution in [2.45, 2.75) is 82.9 Å². The zero-order chi connectivity index (χ0) is 14.2. The van der Waals surface area contributed by atoms with E-state index in [-0.39, 0.29) is 0 Å². The lowest BCUT2D eigenvalue weighted by molar-refractivity contribution is 0.00303. The van der Waals surface area contributed by atoms with Crippen LogP contribution in [0.5, 0.6) is 0 Å². The van der Waals surface area contributed by atoms with E-state index < -0.39 is 0 Å². The fraction of sp³-hybridized carbons (Fsp3) is 1.00.